The van der Waals surface area contributed by atoms with E-state index in [0.29, 0.717) is 5.78 Å². The van der Waals surface area contributed by atoms with Crippen LogP contribution < -0.4 is 0 Å². The second-order valence-corrected chi connectivity index (χ2v) is 5.66. The first-order chi connectivity index (χ1) is 8.75. The third-order valence-electron chi connectivity index (χ3n) is 3.81. The summed E-state index contributed by atoms with van der Waals surface area (Å²) in [7, 11) is 0. The van der Waals surface area contributed by atoms with Crippen molar-refractivity contribution in [2.24, 2.45) is 0 Å². The highest BCUT2D eigenvalue weighted by atomic mass is 16.6. The lowest BCUT2D eigenvalue weighted by molar-refractivity contribution is -0.120. The van der Waals surface area contributed by atoms with Crippen molar-refractivity contribution in [2.45, 2.75) is 96.7 Å². The highest BCUT2D eigenvalue weighted by molar-refractivity contribution is 5.85. The quantitative estimate of drug-likeness (QED) is 0.374. The van der Waals surface area contributed by atoms with Crippen molar-refractivity contribution in [3.8, 4) is 0 Å². The second-order valence-electron chi connectivity index (χ2n) is 5.66. The maximum atomic E-state index is 11.5. The van der Waals surface area contributed by atoms with E-state index in [1.54, 1.807) is 0 Å². The Hall–Kier alpha value is -0.370. The minimum atomic E-state index is -0.0523. The van der Waals surface area contributed by atoms with Crippen LogP contribution in [0.25, 0.3) is 0 Å². The number of carbonyl (C=O) groups is 1. The summed E-state index contributed by atoms with van der Waals surface area (Å²) in [6.45, 7) is 4.23. The number of epoxide rings is 1. The van der Waals surface area contributed by atoms with Crippen LogP contribution in [0.1, 0.15) is 84.5 Å². The first-order valence-corrected chi connectivity index (χ1v) is 7.94. The molecule has 1 aliphatic rings. The van der Waals surface area contributed by atoms with Crippen molar-refractivity contribution < 1.29 is 9.53 Å². The fraction of sp³-hybridized carbons (Fsp3) is 0.938. The monoisotopic (exact) mass is 254 g/mol. The van der Waals surface area contributed by atoms with Gasteiger partial charge in [-0.05, 0) is 13.3 Å². The molecule has 1 heterocycles. The van der Waals surface area contributed by atoms with Crippen LogP contribution in [-0.4, -0.2) is 18.0 Å². The van der Waals surface area contributed by atoms with E-state index < -0.39 is 0 Å². The Kier molecular flexibility index (Phi) is 8.32. The van der Waals surface area contributed by atoms with Gasteiger partial charge in [-0.15, -0.1) is 0 Å². The molecule has 0 unspecified atom stereocenters. The number of ketones is 1. The zero-order valence-electron chi connectivity index (χ0n) is 12.2. The van der Waals surface area contributed by atoms with Gasteiger partial charge in [0.25, 0.3) is 0 Å². The summed E-state index contributed by atoms with van der Waals surface area (Å²) in [5, 5.41) is 0. The van der Waals surface area contributed by atoms with Gasteiger partial charge in [-0.1, -0.05) is 64.7 Å². The molecule has 2 heteroatoms. The highest BCUT2D eigenvalue weighted by Gasteiger charge is 2.39. The number of hydrogen-bond donors (Lipinski definition) is 0. The predicted molar refractivity (Wildman–Crippen MR) is 75.8 cm³/mol. The van der Waals surface area contributed by atoms with E-state index in [2.05, 4.69) is 6.92 Å². The summed E-state index contributed by atoms with van der Waals surface area (Å²) >= 11 is 0. The summed E-state index contributed by atoms with van der Waals surface area (Å²) in [6, 6.07) is 0. The Morgan fingerprint density at radius 2 is 1.33 bits per heavy atom. The molecule has 18 heavy (non-hydrogen) atoms. The van der Waals surface area contributed by atoms with Crippen LogP contribution in [0.15, 0.2) is 0 Å². The smallest absolute Gasteiger partial charge is 0.164 e. The Morgan fingerprint density at radius 3 is 1.78 bits per heavy atom. The van der Waals surface area contributed by atoms with Gasteiger partial charge in [0.15, 0.2) is 5.78 Å². The molecule has 2 nitrogen and oxygen atoms in total. The van der Waals surface area contributed by atoms with Crippen molar-refractivity contribution in [3.05, 3.63) is 0 Å². The lowest BCUT2D eigenvalue weighted by Crippen LogP contribution is -2.07. The van der Waals surface area contributed by atoms with E-state index in [-0.39, 0.29) is 12.2 Å². The molecule has 0 aromatic carbocycles. The lowest BCUT2D eigenvalue weighted by atomic mass is 10.0. The van der Waals surface area contributed by atoms with Crippen LogP contribution >= 0.6 is 0 Å². The molecule has 106 valence electrons. The molecule has 0 aromatic heterocycles. The largest absolute Gasteiger partial charge is 0.362 e. The van der Waals surface area contributed by atoms with Crippen molar-refractivity contribution >= 4 is 5.78 Å². The molecule has 0 aliphatic carbocycles. The summed E-state index contributed by atoms with van der Waals surface area (Å²) < 4.78 is 5.17. The van der Waals surface area contributed by atoms with Crippen molar-refractivity contribution in [1.82, 2.24) is 0 Å². The number of hydrogen-bond acceptors (Lipinski definition) is 2. The average Bonchev–Trinajstić information content (AvgIpc) is 3.09. The third-order valence-corrected chi connectivity index (χ3v) is 3.81. The summed E-state index contributed by atoms with van der Waals surface area (Å²) in [5.41, 5.74) is 0. The Balaban J connectivity index is 1.75. The number of carbonyl (C=O) groups excluding carboxylic acids is 1. The maximum absolute atomic E-state index is 11.5. The fourth-order valence-corrected chi connectivity index (χ4v) is 2.45. The topological polar surface area (TPSA) is 29.6 Å². The van der Waals surface area contributed by atoms with Crippen molar-refractivity contribution in [1.29, 1.82) is 0 Å². The van der Waals surface area contributed by atoms with Crippen molar-refractivity contribution in [2.75, 3.05) is 0 Å². The number of unbranched alkanes of at least 4 members (excludes halogenated alkanes) is 9. The first kappa shape index (κ1) is 15.7. The molecule has 0 amide bonds. The van der Waals surface area contributed by atoms with Gasteiger partial charge in [0.05, 0.1) is 6.10 Å². The number of ether oxygens (including phenoxy) is 1. The minimum absolute atomic E-state index is 0.0523. The van der Waals surface area contributed by atoms with Gasteiger partial charge in [-0.25, -0.2) is 0 Å². The molecule has 0 spiro atoms. The molecule has 0 bridgehead atoms. The van der Waals surface area contributed by atoms with Gasteiger partial charge in [-0.3, -0.25) is 4.79 Å². The van der Waals surface area contributed by atoms with Crippen LogP contribution in [0.3, 0.4) is 0 Å². The van der Waals surface area contributed by atoms with Gasteiger partial charge in [0, 0.05) is 6.42 Å². The summed E-state index contributed by atoms with van der Waals surface area (Å²) in [6.07, 6.45) is 14.1. The maximum Gasteiger partial charge on any atom is 0.164 e. The van der Waals surface area contributed by atoms with E-state index in [4.69, 9.17) is 4.74 Å². The molecule has 0 saturated carbocycles. The van der Waals surface area contributed by atoms with Crippen LogP contribution in [-0.2, 0) is 9.53 Å². The van der Waals surface area contributed by atoms with Crippen LogP contribution in [0.2, 0.25) is 0 Å². The van der Waals surface area contributed by atoms with Gasteiger partial charge in [0.1, 0.15) is 6.10 Å². The zero-order chi connectivity index (χ0) is 13.2. The Bertz CT molecular complexity index is 225. The number of rotatable bonds is 12. The molecule has 1 aliphatic heterocycles. The minimum Gasteiger partial charge on any atom is -0.362 e. The summed E-state index contributed by atoms with van der Waals surface area (Å²) in [4.78, 5) is 11.5. The molecule has 1 saturated heterocycles. The van der Waals surface area contributed by atoms with Crippen LogP contribution in [0.4, 0.5) is 0 Å². The fourth-order valence-electron chi connectivity index (χ4n) is 2.45. The first-order valence-electron chi connectivity index (χ1n) is 7.94. The van der Waals surface area contributed by atoms with Gasteiger partial charge in [0.2, 0.25) is 0 Å². The SMILES string of the molecule is CCCCCCCCCCCCC(=O)[C@H]1O[C@H]1C. The molecular formula is C16H30O2. The Labute approximate surface area is 112 Å². The molecule has 0 aromatic rings. The number of Topliss-reactive ketones (excluding diaryl/α,β-unsaturated/α-hetero) is 1. The standard InChI is InChI=1S/C16H30O2/c1-3-4-5-6-7-8-9-10-11-12-13-15(17)16-14(2)18-16/h14,16H,3-13H2,1-2H3/t14-,16-/m0/s1. The van der Waals surface area contributed by atoms with Gasteiger partial charge >= 0.3 is 0 Å². The Morgan fingerprint density at radius 1 is 0.889 bits per heavy atom. The molecular weight excluding hydrogens is 224 g/mol. The molecule has 0 radical (unpaired) electrons. The van der Waals surface area contributed by atoms with E-state index in [9.17, 15) is 4.79 Å². The molecule has 1 rings (SSSR count). The summed E-state index contributed by atoms with van der Waals surface area (Å²) in [5.74, 6) is 0.321. The zero-order valence-corrected chi connectivity index (χ0v) is 12.2. The average molecular weight is 254 g/mol. The second kappa shape index (κ2) is 9.55. The molecule has 0 N–H and O–H groups in total. The lowest BCUT2D eigenvalue weighted by Gasteiger charge is -2.01. The van der Waals surface area contributed by atoms with Gasteiger partial charge < -0.3 is 4.74 Å². The molecule has 2 atom stereocenters. The van der Waals surface area contributed by atoms with E-state index in [1.807, 2.05) is 6.92 Å². The van der Waals surface area contributed by atoms with E-state index in [1.165, 1.54) is 57.8 Å². The van der Waals surface area contributed by atoms with Gasteiger partial charge in [-0.2, -0.15) is 0 Å². The predicted octanol–water partition coefficient (Wildman–Crippen LogP) is 4.65. The molecule has 1 fully saturated rings. The van der Waals surface area contributed by atoms with E-state index >= 15 is 0 Å². The van der Waals surface area contributed by atoms with Crippen LogP contribution in [0.5, 0.6) is 0 Å². The van der Waals surface area contributed by atoms with Crippen LogP contribution in [0, 0.1) is 0 Å². The van der Waals surface area contributed by atoms with E-state index in [0.717, 1.165) is 12.8 Å². The third kappa shape index (κ3) is 7.15. The highest BCUT2D eigenvalue weighted by Crippen LogP contribution is 2.24. The van der Waals surface area contributed by atoms with Crippen molar-refractivity contribution in [3.63, 3.8) is 0 Å². The normalized spacial score (nSPS) is 22.1.